The van der Waals surface area contributed by atoms with Crippen molar-refractivity contribution in [3.05, 3.63) is 81.4 Å². The molecular weight excluding hydrogens is 481 g/mol. The molecule has 37 heavy (non-hydrogen) atoms. The highest BCUT2D eigenvalue weighted by atomic mass is 19.1. The first kappa shape index (κ1) is 27.4. The molecule has 0 aliphatic heterocycles. The van der Waals surface area contributed by atoms with E-state index < -0.39 is 29.0 Å². The predicted molar refractivity (Wildman–Crippen MR) is 136 cm³/mol. The Hall–Kier alpha value is -4.21. The van der Waals surface area contributed by atoms with E-state index in [4.69, 9.17) is 9.47 Å². The number of nitrogens with one attached hydrogen (secondary N) is 2. The van der Waals surface area contributed by atoms with Crippen LogP contribution in [0, 0.1) is 5.82 Å². The molecule has 2 aromatic carbocycles. The normalized spacial score (nSPS) is 11.2. The Kier molecular flexibility index (Phi) is 8.65. The Morgan fingerprint density at radius 1 is 1.00 bits per heavy atom. The van der Waals surface area contributed by atoms with Crippen LogP contribution in [0.1, 0.15) is 49.2 Å². The zero-order valence-corrected chi connectivity index (χ0v) is 21.2. The van der Waals surface area contributed by atoms with E-state index in [1.54, 1.807) is 62.6 Å². The van der Waals surface area contributed by atoms with Crippen LogP contribution in [-0.2, 0) is 27.4 Å². The van der Waals surface area contributed by atoms with Gasteiger partial charge in [-0.3, -0.25) is 9.59 Å². The van der Waals surface area contributed by atoms with Gasteiger partial charge >= 0.3 is 12.1 Å². The predicted octanol–water partition coefficient (Wildman–Crippen LogP) is 3.51. The molecule has 196 valence electrons. The number of benzene rings is 2. The highest BCUT2D eigenvalue weighted by Crippen LogP contribution is 2.17. The molecule has 3 aromatic rings. The molecule has 0 aliphatic rings. The maximum Gasteiger partial charge on any atom is 0.408 e. The van der Waals surface area contributed by atoms with Crippen molar-refractivity contribution in [2.24, 2.45) is 0 Å². The summed E-state index contributed by atoms with van der Waals surface area (Å²) in [6.07, 6.45) is 0.733. The van der Waals surface area contributed by atoms with Crippen molar-refractivity contribution in [3.8, 4) is 0 Å². The SMILES string of the molecule is CCOC(=O)c1cn(Cc2ccc(F)cc2)c2ccc(CNC(=O)CNC(=O)OC(C)(C)C)cc2c1=O. The zero-order valence-electron chi connectivity index (χ0n) is 21.2. The summed E-state index contributed by atoms with van der Waals surface area (Å²) in [6.45, 7) is 7.00. The zero-order chi connectivity index (χ0) is 27.2. The van der Waals surface area contributed by atoms with Crippen LogP contribution in [0.25, 0.3) is 10.9 Å². The summed E-state index contributed by atoms with van der Waals surface area (Å²) >= 11 is 0. The van der Waals surface area contributed by atoms with Crippen molar-refractivity contribution >= 4 is 28.9 Å². The van der Waals surface area contributed by atoms with Crippen LogP contribution in [0.15, 0.2) is 53.5 Å². The van der Waals surface area contributed by atoms with Crippen LogP contribution >= 0.6 is 0 Å². The van der Waals surface area contributed by atoms with Gasteiger partial charge in [-0.1, -0.05) is 18.2 Å². The number of aromatic nitrogens is 1. The first-order chi connectivity index (χ1) is 17.5. The topological polar surface area (TPSA) is 116 Å². The monoisotopic (exact) mass is 511 g/mol. The molecule has 0 aliphatic carbocycles. The van der Waals surface area contributed by atoms with Crippen LogP contribution in [0.3, 0.4) is 0 Å². The third-order valence-corrected chi connectivity index (χ3v) is 5.19. The molecule has 10 heteroatoms. The van der Waals surface area contributed by atoms with Crippen LogP contribution in [0.4, 0.5) is 9.18 Å². The number of pyridine rings is 1. The first-order valence-electron chi connectivity index (χ1n) is 11.8. The lowest BCUT2D eigenvalue weighted by atomic mass is 10.1. The second kappa shape index (κ2) is 11.7. The second-order valence-corrected chi connectivity index (χ2v) is 9.33. The van der Waals surface area contributed by atoms with Gasteiger partial charge in [-0.2, -0.15) is 0 Å². The van der Waals surface area contributed by atoms with E-state index in [9.17, 15) is 23.6 Å². The van der Waals surface area contributed by atoms with Crippen LogP contribution < -0.4 is 16.1 Å². The van der Waals surface area contributed by atoms with Gasteiger partial charge in [0.05, 0.1) is 12.1 Å². The minimum absolute atomic E-state index is 0.0891. The maximum atomic E-state index is 13.3. The van der Waals surface area contributed by atoms with Crippen LogP contribution in [0.5, 0.6) is 0 Å². The first-order valence-corrected chi connectivity index (χ1v) is 11.8. The molecule has 0 bridgehead atoms. The number of fused-ring (bicyclic) bond motifs is 1. The molecule has 0 fully saturated rings. The smallest absolute Gasteiger partial charge is 0.408 e. The fourth-order valence-electron chi connectivity index (χ4n) is 3.56. The van der Waals surface area contributed by atoms with Gasteiger partial charge in [-0.15, -0.1) is 0 Å². The largest absolute Gasteiger partial charge is 0.462 e. The minimum atomic E-state index is -0.742. The van der Waals surface area contributed by atoms with Crippen molar-refractivity contribution in [1.82, 2.24) is 15.2 Å². The van der Waals surface area contributed by atoms with Crippen LogP contribution in [0.2, 0.25) is 0 Å². The van der Waals surface area contributed by atoms with E-state index in [-0.39, 0.29) is 43.0 Å². The number of rotatable bonds is 8. The molecule has 0 saturated carbocycles. The summed E-state index contributed by atoms with van der Waals surface area (Å²) < 4.78 is 25.2. The van der Waals surface area contributed by atoms with Gasteiger partial charge in [-0.05, 0) is 63.1 Å². The van der Waals surface area contributed by atoms with Gasteiger partial charge < -0.3 is 24.7 Å². The summed E-state index contributed by atoms with van der Waals surface area (Å²) in [7, 11) is 0. The molecule has 3 rings (SSSR count). The Bertz CT molecular complexity index is 1360. The highest BCUT2D eigenvalue weighted by molar-refractivity contribution is 5.94. The molecular formula is C27H30FN3O6. The molecule has 9 nitrogen and oxygen atoms in total. The molecule has 2 N–H and O–H groups in total. The third-order valence-electron chi connectivity index (χ3n) is 5.19. The van der Waals surface area contributed by atoms with Crippen molar-refractivity contribution in [2.45, 2.75) is 46.4 Å². The van der Waals surface area contributed by atoms with Crippen LogP contribution in [-0.4, -0.2) is 41.3 Å². The van der Waals surface area contributed by atoms with E-state index in [0.717, 1.165) is 5.56 Å². The van der Waals surface area contributed by atoms with Crippen molar-refractivity contribution in [3.63, 3.8) is 0 Å². The maximum absolute atomic E-state index is 13.3. The molecule has 0 spiro atoms. The minimum Gasteiger partial charge on any atom is -0.462 e. The average molecular weight is 512 g/mol. The number of amides is 2. The third kappa shape index (κ3) is 7.63. The quantitative estimate of drug-likeness (QED) is 0.447. The lowest BCUT2D eigenvalue weighted by molar-refractivity contribution is -0.120. The standard InChI is InChI=1S/C27H30FN3O6/c1-5-36-25(34)21-16-31(15-17-6-9-19(28)10-7-17)22-11-8-18(12-20(22)24(21)33)13-29-23(32)14-30-26(35)37-27(2,3)4/h6-12,16H,5,13-15H2,1-4H3,(H,29,32)(H,30,35). The number of carbonyl (C=O) groups is 3. The highest BCUT2D eigenvalue weighted by Gasteiger charge is 2.18. The number of hydrogen-bond donors (Lipinski definition) is 2. The van der Waals surface area contributed by atoms with Gasteiger partial charge in [0.1, 0.15) is 23.5 Å². The fourth-order valence-corrected chi connectivity index (χ4v) is 3.56. The lowest BCUT2D eigenvalue weighted by Crippen LogP contribution is -2.39. The Balaban J connectivity index is 1.83. The van der Waals surface area contributed by atoms with Crippen molar-refractivity contribution < 1.29 is 28.2 Å². The van der Waals surface area contributed by atoms with Gasteiger partial charge in [0, 0.05) is 24.7 Å². The average Bonchev–Trinajstić information content (AvgIpc) is 2.83. The van der Waals surface area contributed by atoms with E-state index >= 15 is 0 Å². The molecule has 0 saturated heterocycles. The second-order valence-electron chi connectivity index (χ2n) is 9.33. The fraction of sp³-hybridized carbons (Fsp3) is 0.333. The number of halogens is 1. The lowest BCUT2D eigenvalue weighted by Gasteiger charge is -2.19. The van der Waals surface area contributed by atoms with Crippen molar-refractivity contribution in [1.29, 1.82) is 0 Å². The summed E-state index contributed by atoms with van der Waals surface area (Å²) in [4.78, 5) is 49.6. The number of nitrogens with zero attached hydrogens (tertiary/aromatic N) is 1. The molecule has 0 radical (unpaired) electrons. The molecule has 0 unspecified atom stereocenters. The van der Waals surface area contributed by atoms with Gasteiger partial charge in [0.15, 0.2) is 0 Å². The number of carbonyl (C=O) groups excluding carboxylic acids is 3. The Morgan fingerprint density at radius 2 is 1.68 bits per heavy atom. The summed E-state index contributed by atoms with van der Waals surface area (Å²) in [5.74, 6) is -1.55. The van der Waals surface area contributed by atoms with E-state index in [1.807, 2.05) is 0 Å². The summed E-state index contributed by atoms with van der Waals surface area (Å²) in [5, 5.41) is 5.32. The van der Waals surface area contributed by atoms with Gasteiger partial charge in [-0.25, -0.2) is 14.0 Å². The molecule has 1 aromatic heterocycles. The molecule has 0 atom stereocenters. The van der Waals surface area contributed by atoms with Gasteiger partial charge in [0.2, 0.25) is 11.3 Å². The number of alkyl carbamates (subject to hydrolysis) is 1. The number of hydrogen-bond acceptors (Lipinski definition) is 6. The van der Waals surface area contributed by atoms with E-state index in [0.29, 0.717) is 11.1 Å². The van der Waals surface area contributed by atoms with E-state index in [2.05, 4.69) is 10.6 Å². The Morgan fingerprint density at radius 3 is 2.32 bits per heavy atom. The van der Waals surface area contributed by atoms with E-state index in [1.165, 1.54) is 18.3 Å². The summed E-state index contributed by atoms with van der Waals surface area (Å²) in [5.41, 5.74) is 0.642. The molecule has 1 heterocycles. The van der Waals surface area contributed by atoms with Crippen molar-refractivity contribution in [2.75, 3.05) is 13.2 Å². The number of esters is 1. The number of ether oxygens (including phenoxy) is 2. The van der Waals surface area contributed by atoms with Gasteiger partial charge in [0.25, 0.3) is 0 Å². The summed E-state index contributed by atoms with van der Waals surface area (Å²) in [6, 6.07) is 11.0. The Labute approximate surface area is 213 Å². The molecule has 2 amide bonds.